The summed E-state index contributed by atoms with van der Waals surface area (Å²) in [6.45, 7) is 2.61. The van der Waals surface area contributed by atoms with E-state index in [2.05, 4.69) is 0 Å². The van der Waals surface area contributed by atoms with Crippen molar-refractivity contribution >= 4 is 0 Å². The van der Waals surface area contributed by atoms with E-state index < -0.39 is 6.10 Å². The molecule has 82 valence electrons. The molecule has 0 unspecified atom stereocenters. The number of hydrogen-bond donors (Lipinski definition) is 1. The summed E-state index contributed by atoms with van der Waals surface area (Å²) in [6, 6.07) is 9.53. The van der Waals surface area contributed by atoms with E-state index in [1.165, 1.54) is 0 Å². The molecule has 1 aliphatic rings. The van der Waals surface area contributed by atoms with Crippen LogP contribution >= 0.6 is 0 Å². The van der Waals surface area contributed by atoms with Crippen molar-refractivity contribution in [3.63, 3.8) is 0 Å². The van der Waals surface area contributed by atoms with Crippen LogP contribution in [-0.4, -0.2) is 30.0 Å². The van der Waals surface area contributed by atoms with E-state index in [0.717, 1.165) is 5.75 Å². The maximum absolute atomic E-state index is 9.56. The van der Waals surface area contributed by atoms with Crippen LogP contribution in [0.2, 0.25) is 0 Å². The Kier molecular flexibility index (Phi) is 3.23. The summed E-state index contributed by atoms with van der Waals surface area (Å²) in [4.78, 5) is 0. The quantitative estimate of drug-likeness (QED) is 0.817. The number of aliphatic hydroxyl groups excluding tert-OH is 1. The minimum atomic E-state index is -0.401. The predicted molar refractivity (Wildman–Crippen MR) is 56.9 cm³/mol. The molecule has 1 N–H and O–H groups in total. The summed E-state index contributed by atoms with van der Waals surface area (Å²) in [5.41, 5.74) is 0. The normalized spacial score (nSPS) is 29.6. The second kappa shape index (κ2) is 4.64. The van der Waals surface area contributed by atoms with Gasteiger partial charge in [-0.2, -0.15) is 0 Å². The molecule has 1 aliphatic carbocycles. The van der Waals surface area contributed by atoms with Crippen molar-refractivity contribution < 1.29 is 14.6 Å². The third-order valence-electron chi connectivity index (χ3n) is 2.62. The molecule has 0 aromatic heterocycles. The lowest BCUT2D eigenvalue weighted by Crippen LogP contribution is -2.55. The SMILES string of the molecule is CCO[C@H]1C[C@H](O)[C@@H]1Oc1ccccc1. The van der Waals surface area contributed by atoms with Crippen molar-refractivity contribution in [2.75, 3.05) is 6.61 Å². The topological polar surface area (TPSA) is 38.7 Å². The van der Waals surface area contributed by atoms with E-state index in [1.54, 1.807) is 0 Å². The molecular weight excluding hydrogens is 192 g/mol. The third kappa shape index (κ3) is 2.30. The minimum Gasteiger partial charge on any atom is -0.485 e. The van der Waals surface area contributed by atoms with Gasteiger partial charge in [0.25, 0.3) is 0 Å². The first kappa shape index (κ1) is 10.5. The van der Waals surface area contributed by atoms with Crippen molar-refractivity contribution in [1.82, 2.24) is 0 Å². The highest BCUT2D eigenvalue weighted by molar-refractivity contribution is 5.22. The van der Waals surface area contributed by atoms with Gasteiger partial charge in [0.05, 0.1) is 12.2 Å². The van der Waals surface area contributed by atoms with Crippen LogP contribution in [-0.2, 0) is 4.74 Å². The van der Waals surface area contributed by atoms with Gasteiger partial charge in [0.15, 0.2) is 6.10 Å². The van der Waals surface area contributed by atoms with Crippen molar-refractivity contribution in [2.24, 2.45) is 0 Å². The Morgan fingerprint density at radius 1 is 1.33 bits per heavy atom. The fraction of sp³-hybridized carbons (Fsp3) is 0.500. The molecule has 2 rings (SSSR count). The molecule has 0 spiro atoms. The maximum atomic E-state index is 9.56. The molecule has 0 aliphatic heterocycles. The first-order valence-corrected chi connectivity index (χ1v) is 5.32. The second-order valence-electron chi connectivity index (χ2n) is 3.69. The Labute approximate surface area is 89.6 Å². The van der Waals surface area contributed by atoms with Gasteiger partial charge in [0.2, 0.25) is 0 Å². The fourth-order valence-electron chi connectivity index (χ4n) is 1.75. The van der Waals surface area contributed by atoms with Crippen molar-refractivity contribution in [3.8, 4) is 5.75 Å². The molecular formula is C12H16O3. The molecule has 0 heterocycles. The van der Waals surface area contributed by atoms with Gasteiger partial charge in [-0.05, 0) is 19.1 Å². The Morgan fingerprint density at radius 3 is 2.67 bits per heavy atom. The summed E-state index contributed by atoms with van der Waals surface area (Å²) in [7, 11) is 0. The fourth-order valence-corrected chi connectivity index (χ4v) is 1.75. The highest BCUT2D eigenvalue weighted by Gasteiger charge is 2.42. The Hall–Kier alpha value is -1.06. The first-order valence-electron chi connectivity index (χ1n) is 5.32. The first-order chi connectivity index (χ1) is 7.31. The van der Waals surface area contributed by atoms with Crippen LogP contribution in [0.25, 0.3) is 0 Å². The number of benzene rings is 1. The van der Waals surface area contributed by atoms with E-state index >= 15 is 0 Å². The summed E-state index contributed by atoms with van der Waals surface area (Å²) in [5.74, 6) is 0.783. The molecule has 1 aromatic rings. The average molecular weight is 208 g/mol. The lowest BCUT2D eigenvalue weighted by atomic mass is 9.88. The zero-order chi connectivity index (χ0) is 10.7. The zero-order valence-electron chi connectivity index (χ0n) is 8.80. The van der Waals surface area contributed by atoms with Crippen LogP contribution in [0.15, 0.2) is 30.3 Å². The molecule has 1 saturated carbocycles. The van der Waals surface area contributed by atoms with Gasteiger partial charge < -0.3 is 14.6 Å². The van der Waals surface area contributed by atoms with Gasteiger partial charge in [-0.3, -0.25) is 0 Å². The standard InChI is InChI=1S/C12H16O3/c1-2-14-11-8-10(13)12(11)15-9-6-4-3-5-7-9/h3-7,10-13H,2,8H2,1H3/t10-,11-,12-/m0/s1. The molecule has 15 heavy (non-hydrogen) atoms. The summed E-state index contributed by atoms with van der Waals surface area (Å²) in [5, 5.41) is 9.56. The summed E-state index contributed by atoms with van der Waals surface area (Å²) in [6.07, 6.45) is 0.0880. The van der Waals surface area contributed by atoms with Crippen molar-refractivity contribution in [3.05, 3.63) is 30.3 Å². The highest BCUT2D eigenvalue weighted by atomic mass is 16.6. The van der Waals surface area contributed by atoms with E-state index in [0.29, 0.717) is 13.0 Å². The summed E-state index contributed by atoms with van der Waals surface area (Å²) >= 11 is 0. The molecule has 1 fully saturated rings. The largest absolute Gasteiger partial charge is 0.485 e. The van der Waals surface area contributed by atoms with Crippen LogP contribution in [0, 0.1) is 0 Å². The molecule has 0 bridgehead atoms. The third-order valence-corrected chi connectivity index (χ3v) is 2.62. The molecule has 0 amide bonds. The van der Waals surface area contributed by atoms with Crippen LogP contribution < -0.4 is 4.74 Å². The number of para-hydroxylation sites is 1. The monoisotopic (exact) mass is 208 g/mol. The van der Waals surface area contributed by atoms with Crippen LogP contribution in [0.1, 0.15) is 13.3 Å². The van der Waals surface area contributed by atoms with Crippen LogP contribution in [0.4, 0.5) is 0 Å². The smallest absolute Gasteiger partial charge is 0.151 e. The van der Waals surface area contributed by atoms with Gasteiger partial charge in [0, 0.05) is 13.0 Å². The Morgan fingerprint density at radius 2 is 2.07 bits per heavy atom. The van der Waals surface area contributed by atoms with Gasteiger partial charge in [-0.1, -0.05) is 18.2 Å². The molecule has 1 aromatic carbocycles. The lowest BCUT2D eigenvalue weighted by molar-refractivity contribution is -0.154. The molecule has 0 radical (unpaired) electrons. The Balaban J connectivity index is 1.93. The molecule has 3 heteroatoms. The van der Waals surface area contributed by atoms with Crippen molar-refractivity contribution in [2.45, 2.75) is 31.7 Å². The zero-order valence-corrected chi connectivity index (χ0v) is 8.80. The van der Waals surface area contributed by atoms with E-state index in [1.807, 2.05) is 37.3 Å². The van der Waals surface area contributed by atoms with Gasteiger partial charge in [-0.25, -0.2) is 0 Å². The van der Waals surface area contributed by atoms with Gasteiger partial charge in [-0.15, -0.1) is 0 Å². The second-order valence-corrected chi connectivity index (χ2v) is 3.69. The highest BCUT2D eigenvalue weighted by Crippen LogP contribution is 2.28. The Bertz CT molecular complexity index is 297. The lowest BCUT2D eigenvalue weighted by Gasteiger charge is -2.40. The number of hydrogen-bond acceptors (Lipinski definition) is 3. The van der Waals surface area contributed by atoms with E-state index in [9.17, 15) is 5.11 Å². The summed E-state index contributed by atoms with van der Waals surface area (Å²) < 4.78 is 11.1. The molecule has 0 saturated heterocycles. The average Bonchev–Trinajstić information content (AvgIpc) is 2.27. The minimum absolute atomic E-state index is 0.0326. The van der Waals surface area contributed by atoms with Crippen LogP contribution in [0.3, 0.4) is 0 Å². The van der Waals surface area contributed by atoms with Gasteiger partial charge >= 0.3 is 0 Å². The number of aliphatic hydroxyl groups is 1. The predicted octanol–water partition coefficient (Wildman–Crippen LogP) is 1.60. The maximum Gasteiger partial charge on any atom is 0.151 e. The number of rotatable bonds is 4. The molecule has 3 nitrogen and oxygen atoms in total. The van der Waals surface area contributed by atoms with Crippen molar-refractivity contribution in [1.29, 1.82) is 0 Å². The van der Waals surface area contributed by atoms with E-state index in [4.69, 9.17) is 9.47 Å². The number of ether oxygens (including phenoxy) is 2. The van der Waals surface area contributed by atoms with Crippen LogP contribution in [0.5, 0.6) is 5.75 Å². The molecule has 3 atom stereocenters. The van der Waals surface area contributed by atoms with E-state index in [-0.39, 0.29) is 12.2 Å². The van der Waals surface area contributed by atoms with Gasteiger partial charge in [0.1, 0.15) is 5.75 Å².